The monoisotopic (exact) mass is 331 g/mol. The van der Waals surface area contributed by atoms with Gasteiger partial charge in [-0.05, 0) is 37.1 Å². The maximum Gasteiger partial charge on any atom is 0.223 e. The summed E-state index contributed by atoms with van der Waals surface area (Å²) < 4.78 is 19.1. The molecule has 0 bridgehead atoms. The Balaban J connectivity index is 1.76. The highest BCUT2D eigenvalue weighted by Crippen LogP contribution is 2.20. The number of aliphatic hydroxyl groups is 1. The Bertz CT molecular complexity index is 703. The van der Waals surface area contributed by atoms with E-state index in [1.165, 1.54) is 12.1 Å². The zero-order chi connectivity index (χ0) is 17.5. The van der Waals surface area contributed by atoms with Crippen molar-refractivity contribution in [3.8, 4) is 5.75 Å². The van der Waals surface area contributed by atoms with Crippen LogP contribution in [0.2, 0.25) is 0 Å². The average Bonchev–Trinajstić information content (AvgIpc) is 2.57. The summed E-state index contributed by atoms with van der Waals surface area (Å²) in [5, 5.41) is 12.5. The second kappa shape index (κ2) is 8.45. The van der Waals surface area contributed by atoms with E-state index in [4.69, 9.17) is 4.74 Å². The zero-order valence-electron chi connectivity index (χ0n) is 13.9. The van der Waals surface area contributed by atoms with Crippen LogP contribution >= 0.6 is 0 Å². The predicted octanol–water partition coefficient (Wildman–Crippen LogP) is 3.06. The summed E-state index contributed by atoms with van der Waals surface area (Å²) >= 11 is 0. The van der Waals surface area contributed by atoms with Gasteiger partial charge in [0.05, 0.1) is 19.1 Å². The normalized spacial score (nSPS) is 11.8. The number of amides is 1. The highest BCUT2D eigenvalue weighted by molar-refractivity contribution is 5.76. The van der Waals surface area contributed by atoms with Gasteiger partial charge in [0.1, 0.15) is 11.6 Å². The van der Waals surface area contributed by atoms with Crippen molar-refractivity contribution in [3.63, 3.8) is 0 Å². The highest BCUT2D eigenvalue weighted by atomic mass is 19.1. The molecule has 0 aliphatic heterocycles. The minimum atomic E-state index is -1.07. The summed E-state index contributed by atoms with van der Waals surface area (Å²) in [5.41, 5.74) is 2.35. The Morgan fingerprint density at radius 3 is 2.71 bits per heavy atom. The molecule has 1 atom stereocenters. The third-order valence-electron chi connectivity index (χ3n) is 3.90. The van der Waals surface area contributed by atoms with Crippen LogP contribution in [0.4, 0.5) is 4.39 Å². The van der Waals surface area contributed by atoms with Gasteiger partial charge in [0.25, 0.3) is 0 Å². The first-order chi connectivity index (χ1) is 11.5. The molecule has 0 aromatic heterocycles. The van der Waals surface area contributed by atoms with Gasteiger partial charge in [-0.15, -0.1) is 0 Å². The maximum absolute atomic E-state index is 13.5. The van der Waals surface area contributed by atoms with Crippen LogP contribution in [-0.2, 0) is 4.79 Å². The molecule has 4 nitrogen and oxygen atoms in total. The molecule has 0 radical (unpaired) electrons. The number of aryl methyl sites for hydroxylation is 1. The van der Waals surface area contributed by atoms with Gasteiger partial charge < -0.3 is 15.2 Å². The van der Waals surface area contributed by atoms with Gasteiger partial charge in [-0.3, -0.25) is 4.79 Å². The number of hydrogen-bond acceptors (Lipinski definition) is 3. The van der Waals surface area contributed by atoms with Crippen molar-refractivity contribution in [1.82, 2.24) is 5.32 Å². The first-order valence-electron chi connectivity index (χ1n) is 7.87. The summed E-state index contributed by atoms with van der Waals surface area (Å²) in [4.78, 5) is 11.8. The van der Waals surface area contributed by atoms with E-state index in [9.17, 15) is 14.3 Å². The number of benzene rings is 2. The van der Waals surface area contributed by atoms with Gasteiger partial charge in [-0.25, -0.2) is 4.39 Å². The zero-order valence-corrected chi connectivity index (χ0v) is 13.9. The minimum absolute atomic E-state index is 0.0385. The van der Waals surface area contributed by atoms with Crippen LogP contribution in [0.15, 0.2) is 42.5 Å². The molecule has 2 rings (SSSR count). The van der Waals surface area contributed by atoms with Crippen molar-refractivity contribution < 1.29 is 19.0 Å². The molecule has 0 aliphatic carbocycles. The van der Waals surface area contributed by atoms with Crippen molar-refractivity contribution >= 4 is 5.91 Å². The average molecular weight is 331 g/mol. The van der Waals surface area contributed by atoms with Gasteiger partial charge in [0, 0.05) is 12.1 Å². The molecule has 1 unspecified atom stereocenters. The van der Waals surface area contributed by atoms with Gasteiger partial charge in [-0.2, -0.15) is 0 Å². The van der Waals surface area contributed by atoms with Crippen LogP contribution < -0.4 is 10.1 Å². The number of rotatable bonds is 7. The van der Waals surface area contributed by atoms with Gasteiger partial charge in [0.15, 0.2) is 0 Å². The quantitative estimate of drug-likeness (QED) is 0.820. The summed E-state index contributed by atoms with van der Waals surface area (Å²) in [5.74, 6) is 0.0161. The first kappa shape index (κ1) is 17.9. The molecule has 2 aromatic rings. The Kier molecular flexibility index (Phi) is 6.32. The Labute approximate surface area is 141 Å². The van der Waals surface area contributed by atoms with E-state index in [0.717, 1.165) is 16.9 Å². The van der Waals surface area contributed by atoms with Gasteiger partial charge in [-0.1, -0.05) is 30.3 Å². The van der Waals surface area contributed by atoms with Gasteiger partial charge in [0.2, 0.25) is 5.91 Å². The Morgan fingerprint density at radius 2 is 1.96 bits per heavy atom. The summed E-state index contributed by atoms with van der Waals surface area (Å²) in [6, 6.07) is 11.7. The van der Waals surface area contributed by atoms with E-state index in [1.54, 1.807) is 12.1 Å². The topological polar surface area (TPSA) is 58.6 Å². The molecule has 0 saturated heterocycles. The van der Waals surface area contributed by atoms with Crippen molar-refractivity contribution in [1.29, 1.82) is 0 Å². The van der Waals surface area contributed by atoms with Crippen molar-refractivity contribution in [2.45, 2.75) is 26.4 Å². The molecule has 0 saturated carbocycles. The van der Waals surface area contributed by atoms with Crippen molar-refractivity contribution in [2.24, 2.45) is 0 Å². The summed E-state index contributed by atoms with van der Waals surface area (Å²) in [7, 11) is 0. The Morgan fingerprint density at radius 1 is 1.21 bits per heavy atom. The standard InChI is InChI=1S/C19H22FNO3/c1-13-6-5-9-18(14(13)2)24-11-10-19(23)21-12-17(22)15-7-3-4-8-16(15)20/h3-9,17,22H,10-12H2,1-2H3,(H,21,23). The Hall–Kier alpha value is -2.40. The summed E-state index contributed by atoms with van der Waals surface area (Å²) in [6.07, 6.45) is -0.910. The smallest absolute Gasteiger partial charge is 0.223 e. The lowest BCUT2D eigenvalue weighted by molar-refractivity contribution is -0.122. The molecule has 2 aromatic carbocycles. The molecule has 5 heteroatoms. The first-order valence-corrected chi connectivity index (χ1v) is 7.87. The number of carbonyl (C=O) groups is 1. The van der Waals surface area contributed by atoms with Gasteiger partial charge >= 0.3 is 0 Å². The minimum Gasteiger partial charge on any atom is -0.493 e. The second-order valence-electron chi connectivity index (χ2n) is 5.64. The molecule has 2 N–H and O–H groups in total. The number of ether oxygens (including phenoxy) is 1. The highest BCUT2D eigenvalue weighted by Gasteiger charge is 2.13. The fourth-order valence-electron chi connectivity index (χ4n) is 2.29. The molecule has 128 valence electrons. The molecule has 0 spiro atoms. The largest absolute Gasteiger partial charge is 0.493 e. The number of carbonyl (C=O) groups excluding carboxylic acids is 1. The number of aliphatic hydroxyl groups excluding tert-OH is 1. The maximum atomic E-state index is 13.5. The third-order valence-corrected chi connectivity index (χ3v) is 3.90. The van der Waals surface area contributed by atoms with E-state index in [0.29, 0.717) is 0 Å². The number of hydrogen-bond donors (Lipinski definition) is 2. The molecule has 1 amide bonds. The van der Waals surface area contributed by atoms with Crippen LogP contribution in [0.1, 0.15) is 29.2 Å². The van der Waals surface area contributed by atoms with E-state index in [-0.39, 0.29) is 31.0 Å². The lowest BCUT2D eigenvalue weighted by Gasteiger charge is -2.14. The molecule has 0 heterocycles. The van der Waals surface area contributed by atoms with E-state index < -0.39 is 11.9 Å². The molecule has 0 fully saturated rings. The predicted molar refractivity (Wildman–Crippen MR) is 90.4 cm³/mol. The van der Waals surface area contributed by atoms with Crippen LogP contribution in [-0.4, -0.2) is 24.2 Å². The van der Waals surface area contributed by atoms with E-state index in [1.807, 2.05) is 32.0 Å². The van der Waals surface area contributed by atoms with E-state index >= 15 is 0 Å². The van der Waals surface area contributed by atoms with Crippen LogP contribution in [0.3, 0.4) is 0 Å². The molecule has 24 heavy (non-hydrogen) atoms. The second-order valence-corrected chi connectivity index (χ2v) is 5.64. The van der Waals surface area contributed by atoms with Crippen LogP contribution in [0.25, 0.3) is 0 Å². The number of halogens is 1. The molecular formula is C19H22FNO3. The van der Waals surface area contributed by atoms with Crippen LogP contribution in [0.5, 0.6) is 5.75 Å². The fourth-order valence-corrected chi connectivity index (χ4v) is 2.29. The number of nitrogens with one attached hydrogen (secondary N) is 1. The fraction of sp³-hybridized carbons (Fsp3) is 0.316. The third kappa shape index (κ3) is 4.80. The SMILES string of the molecule is Cc1cccc(OCCC(=O)NCC(O)c2ccccc2F)c1C. The van der Waals surface area contributed by atoms with Crippen molar-refractivity contribution in [3.05, 3.63) is 65.0 Å². The summed E-state index contributed by atoms with van der Waals surface area (Å²) in [6.45, 7) is 4.17. The molecule has 0 aliphatic rings. The molecular weight excluding hydrogens is 309 g/mol. The van der Waals surface area contributed by atoms with Crippen LogP contribution in [0, 0.1) is 19.7 Å². The lowest BCUT2D eigenvalue weighted by atomic mass is 10.1. The van der Waals surface area contributed by atoms with E-state index in [2.05, 4.69) is 5.32 Å². The lowest BCUT2D eigenvalue weighted by Crippen LogP contribution is -2.29. The van der Waals surface area contributed by atoms with Crippen molar-refractivity contribution in [2.75, 3.05) is 13.2 Å².